The van der Waals surface area contributed by atoms with Crippen molar-refractivity contribution >= 4 is 24.7 Å². The zero-order valence-electron chi connectivity index (χ0n) is 8.88. The van der Waals surface area contributed by atoms with Gasteiger partial charge in [0, 0.05) is 0 Å². The first kappa shape index (κ1) is 16.5. The Labute approximate surface area is 139 Å². The predicted molar refractivity (Wildman–Crippen MR) is 56.1 cm³/mol. The third-order valence-corrected chi connectivity index (χ3v) is 1.99. The Kier molecular flexibility index (Phi) is 7.32. The Morgan fingerprint density at radius 2 is 1.94 bits per heavy atom. The Hall–Kier alpha value is 0.541. The molecule has 0 amide bonds. The number of benzene rings is 1. The van der Waals surface area contributed by atoms with Crippen LogP contribution in [0.3, 0.4) is 0 Å². The van der Waals surface area contributed by atoms with Gasteiger partial charge in [0.15, 0.2) is 0 Å². The molecule has 0 aliphatic carbocycles. The van der Waals surface area contributed by atoms with Gasteiger partial charge in [-0.1, -0.05) is 23.7 Å². The summed E-state index contributed by atoms with van der Waals surface area (Å²) in [6.45, 7) is -4.91. The van der Waals surface area contributed by atoms with Crippen LogP contribution in [-0.4, -0.2) is 14.1 Å². The van der Waals surface area contributed by atoms with Crippen molar-refractivity contribution in [3.8, 4) is 5.75 Å². The summed E-state index contributed by atoms with van der Waals surface area (Å²) in [7, 11) is 1.41. The molecule has 1 rings (SSSR count). The van der Waals surface area contributed by atoms with Crippen molar-refractivity contribution in [1.82, 2.24) is 0 Å². The fourth-order valence-corrected chi connectivity index (χ4v) is 1.19. The molecule has 1 aromatic carbocycles. The van der Waals surface area contributed by atoms with Crippen LogP contribution >= 0.6 is 11.6 Å². The first-order valence-electron chi connectivity index (χ1n) is 4.15. The Morgan fingerprint density at radius 1 is 1.31 bits per heavy atom. The van der Waals surface area contributed by atoms with E-state index in [1.165, 1.54) is 25.3 Å². The summed E-state index contributed by atoms with van der Waals surface area (Å²) in [4.78, 5) is 0. The molecule has 82 valence electrons. The molecule has 0 saturated carbocycles. The van der Waals surface area contributed by atoms with Crippen molar-refractivity contribution in [2.75, 3.05) is 7.11 Å². The van der Waals surface area contributed by atoms with Crippen LogP contribution in [0.25, 0.3) is 6.08 Å². The van der Waals surface area contributed by atoms with E-state index >= 15 is 0 Å². The minimum absolute atomic E-state index is 0. The molecule has 1 aromatic rings. The number of rotatable bonds is 3. The predicted octanol–water partition coefficient (Wildman–Crippen LogP) is 0.752. The Balaban J connectivity index is 0.00000225. The van der Waals surface area contributed by atoms with E-state index in [0.29, 0.717) is 16.3 Å². The summed E-state index contributed by atoms with van der Waals surface area (Å²) in [6.07, 6.45) is 0.985. The zero-order chi connectivity index (χ0) is 11.5. The van der Waals surface area contributed by atoms with Gasteiger partial charge in [0.1, 0.15) is 5.75 Å². The van der Waals surface area contributed by atoms with E-state index in [-0.39, 0.29) is 57.4 Å². The first-order chi connectivity index (χ1) is 6.92. The number of hydrogen-bond acceptors (Lipinski definition) is 1. The number of halogens is 4. The smallest absolute Gasteiger partial charge is 0.495 e. The van der Waals surface area contributed by atoms with Crippen molar-refractivity contribution in [3.63, 3.8) is 0 Å². The van der Waals surface area contributed by atoms with E-state index in [4.69, 9.17) is 16.3 Å². The molecule has 0 radical (unpaired) electrons. The van der Waals surface area contributed by atoms with Gasteiger partial charge in [-0.25, -0.2) is 0 Å². The molecule has 0 saturated heterocycles. The summed E-state index contributed by atoms with van der Waals surface area (Å²) in [5.41, 5.74) is 0.399. The monoisotopic (exact) mass is 274 g/mol. The normalized spacial score (nSPS) is 11.3. The van der Waals surface area contributed by atoms with Crippen molar-refractivity contribution in [3.05, 3.63) is 34.8 Å². The van der Waals surface area contributed by atoms with Gasteiger partial charge < -0.3 is 17.7 Å². The van der Waals surface area contributed by atoms with E-state index in [9.17, 15) is 12.9 Å². The average molecular weight is 275 g/mol. The minimum atomic E-state index is -4.91. The summed E-state index contributed by atoms with van der Waals surface area (Å²) in [5.74, 6) is 0.580. The molecule has 0 unspecified atom stereocenters. The SMILES string of the molecule is COc1cc(/C=C/[B-](F)(F)F)ccc1Cl.[K+]. The molecule has 0 aliphatic heterocycles. The van der Waals surface area contributed by atoms with E-state index in [1.54, 1.807) is 0 Å². The van der Waals surface area contributed by atoms with E-state index in [1.807, 2.05) is 0 Å². The largest absolute Gasteiger partial charge is 1.00 e. The van der Waals surface area contributed by atoms with Crippen LogP contribution in [0.15, 0.2) is 24.2 Å². The van der Waals surface area contributed by atoms with E-state index in [0.717, 1.165) is 6.08 Å². The third-order valence-electron chi connectivity index (χ3n) is 1.68. The fourth-order valence-electron chi connectivity index (χ4n) is 1.00. The van der Waals surface area contributed by atoms with Gasteiger partial charge >= 0.3 is 58.4 Å². The number of ether oxygens (including phenoxy) is 1. The van der Waals surface area contributed by atoms with Crippen LogP contribution in [-0.2, 0) is 0 Å². The molecule has 0 fully saturated rings. The molecule has 0 bridgehead atoms. The summed E-state index contributed by atoms with van der Waals surface area (Å²) < 4.78 is 40.6. The maximum absolute atomic E-state index is 11.9. The second-order valence-corrected chi connectivity index (χ2v) is 3.29. The fraction of sp³-hybridized carbons (Fsp3) is 0.111. The topological polar surface area (TPSA) is 9.23 Å². The van der Waals surface area contributed by atoms with Crippen LogP contribution < -0.4 is 56.1 Å². The van der Waals surface area contributed by atoms with Gasteiger partial charge in [0.2, 0.25) is 0 Å². The Bertz CT molecular complexity index is 382. The van der Waals surface area contributed by atoms with Crippen LogP contribution in [0, 0.1) is 0 Å². The van der Waals surface area contributed by atoms with Crippen molar-refractivity contribution in [2.45, 2.75) is 0 Å². The minimum Gasteiger partial charge on any atom is -0.495 e. The zero-order valence-corrected chi connectivity index (χ0v) is 12.8. The van der Waals surface area contributed by atoms with Crippen LogP contribution in [0.4, 0.5) is 12.9 Å². The van der Waals surface area contributed by atoms with Gasteiger partial charge in [-0.15, -0.1) is 5.98 Å². The number of hydrogen-bond donors (Lipinski definition) is 0. The van der Waals surface area contributed by atoms with E-state index < -0.39 is 6.98 Å². The molecule has 1 nitrogen and oxygen atoms in total. The number of methoxy groups -OCH3 is 1. The second-order valence-electron chi connectivity index (χ2n) is 2.88. The molecule has 16 heavy (non-hydrogen) atoms. The molecule has 0 N–H and O–H groups in total. The maximum Gasteiger partial charge on any atom is 1.00 e. The van der Waals surface area contributed by atoms with Crippen LogP contribution in [0.5, 0.6) is 5.75 Å². The standard InChI is InChI=1S/C9H8BClF3O.K/c1-15-9-6-7(2-3-8(9)11)4-5-10(12,13)14;/h2-6H,1H3;/q-1;+1/b5-4+;. The molecular weight excluding hydrogens is 266 g/mol. The summed E-state index contributed by atoms with van der Waals surface area (Å²) in [5, 5.41) is 0.368. The van der Waals surface area contributed by atoms with Gasteiger partial charge in [-0.2, -0.15) is 0 Å². The van der Waals surface area contributed by atoms with E-state index in [2.05, 4.69) is 0 Å². The van der Waals surface area contributed by atoms with Gasteiger partial charge in [-0.05, 0) is 17.7 Å². The Morgan fingerprint density at radius 3 is 2.44 bits per heavy atom. The summed E-state index contributed by atoms with van der Waals surface area (Å²) in [6, 6.07) is 4.42. The molecule has 0 aliphatic rings. The summed E-state index contributed by atoms with van der Waals surface area (Å²) >= 11 is 5.72. The molecule has 7 heteroatoms. The first-order valence-corrected chi connectivity index (χ1v) is 4.53. The van der Waals surface area contributed by atoms with Crippen molar-refractivity contribution in [2.24, 2.45) is 0 Å². The van der Waals surface area contributed by atoms with Gasteiger partial charge in [0.25, 0.3) is 0 Å². The molecular formula is C9H8BClF3KO. The third kappa shape index (κ3) is 5.75. The molecule has 0 atom stereocenters. The van der Waals surface area contributed by atoms with Gasteiger partial charge in [0.05, 0.1) is 12.1 Å². The molecule has 0 aromatic heterocycles. The quantitative estimate of drug-likeness (QED) is 0.739. The average Bonchev–Trinajstić information content (AvgIpc) is 2.15. The molecule has 0 spiro atoms. The second kappa shape index (κ2) is 7.08. The van der Waals surface area contributed by atoms with Crippen LogP contribution in [0.1, 0.15) is 5.56 Å². The molecule has 0 heterocycles. The van der Waals surface area contributed by atoms with Gasteiger partial charge in [-0.3, -0.25) is 0 Å². The maximum atomic E-state index is 11.9. The van der Waals surface area contributed by atoms with Crippen LogP contribution in [0.2, 0.25) is 5.02 Å². The van der Waals surface area contributed by atoms with Crippen molar-refractivity contribution in [1.29, 1.82) is 0 Å². The van der Waals surface area contributed by atoms with Crippen molar-refractivity contribution < 1.29 is 69.1 Å².